The minimum absolute atomic E-state index is 0.299. The van der Waals surface area contributed by atoms with E-state index in [1.807, 2.05) is 18.2 Å². The fourth-order valence-corrected chi connectivity index (χ4v) is 2.12. The van der Waals surface area contributed by atoms with E-state index in [9.17, 15) is 0 Å². The number of hydrazine groups is 1. The molecule has 0 aliphatic carbocycles. The Balaban J connectivity index is 2.27. The lowest BCUT2D eigenvalue weighted by Crippen LogP contribution is -2.11. The second kappa shape index (κ2) is 7.21. The number of halogens is 1. The summed E-state index contributed by atoms with van der Waals surface area (Å²) in [7, 11) is 3.19. The molecule has 4 N–H and O–H groups in total. The Morgan fingerprint density at radius 1 is 1.19 bits per heavy atom. The van der Waals surface area contributed by atoms with E-state index in [2.05, 4.69) is 36.6 Å². The van der Waals surface area contributed by atoms with Crippen LogP contribution >= 0.6 is 15.9 Å². The Morgan fingerprint density at radius 2 is 1.95 bits per heavy atom. The Bertz CT molecular complexity index is 624. The summed E-state index contributed by atoms with van der Waals surface area (Å²) in [6.07, 6.45) is 0. The summed E-state index contributed by atoms with van der Waals surface area (Å²) < 4.78 is 11.2. The molecule has 2 rings (SSSR count). The van der Waals surface area contributed by atoms with Crippen LogP contribution in [-0.4, -0.2) is 24.2 Å². The van der Waals surface area contributed by atoms with Crippen molar-refractivity contribution in [3.05, 3.63) is 34.6 Å². The van der Waals surface area contributed by atoms with E-state index in [1.54, 1.807) is 20.3 Å². The van der Waals surface area contributed by atoms with Gasteiger partial charge in [0.1, 0.15) is 24.0 Å². The van der Waals surface area contributed by atoms with E-state index in [0.717, 1.165) is 15.9 Å². The van der Waals surface area contributed by atoms with E-state index >= 15 is 0 Å². The van der Waals surface area contributed by atoms with Crippen molar-refractivity contribution in [1.82, 2.24) is 9.97 Å². The molecular formula is C13H16BrN5O2. The van der Waals surface area contributed by atoms with E-state index < -0.39 is 0 Å². The minimum Gasteiger partial charge on any atom is -0.495 e. The molecule has 112 valence electrons. The molecule has 2 aromatic rings. The second-order valence-corrected chi connectivity index (χ2v) is 4.96. The number of nitrogens with one attached hydrogen (secondary N) is 2. The zero-order chi connectivity index (χ0) is 15.2. The number of hydrogen-bond donors (Lipinski definition) is 3. The molecule has 8 heteroatoms. The molecule has 0 bridgehead atoms. The molecule has 0 spiro atoms. The van der Waals surface area contributed by atoms with Crippen LogP contribution in [0.5, 0.6) is 5.75 Å². The quantitative estimate of drug-likeness (QED) is 0.542. The van der Waals surface area contributed by atoms with Gasteiger partial charge in [0.2, 0.25) is 0 Å². The van der Waals surface area contributed by atoms with Crippen molar-refractivity contribution >= 4 is 33.3 Å². The number of nitrogens with zero attached hydrogens (tertiary/aromatic N) is 2. The van der Waals surface area contributed by atoms with Gasteiger partial charge in [-0.3, -0.25) is 0 Å². The van der Waals surface area contributed by atoms with Crippen LogP contribution in [0.25, 0.3) is 0 Å². The van der Waals surface area contributed by atoms with Crippen LogP contribution in [0.3, 0.4) is 0 Å². The lowest BCUT2D eigenvalue weighted by Gasteiger charge is -2.11. The van der Waals surface area contributed by atoms with Crippen LogP contribution in [0.15, 0.2) is 28.7 Å². The number of aromatic nitrogens is 2. The van der Waals surface area contributed by atoms with Crippen LogP contribution < -0.4 is 21.3 Å². The summed E-state index contributed by atoms with van der Waals surface area (Å²) in [4.78, 5) is 8.54. The summed E-state index contributed by atoms with van der Waals surface area (Å²) in [5, 5.41) is 3.18. The van der Waals surface area contributed by atoms with Crippen LogP contribution in [0.2, 0.25) is 0 Å². The molecule has 1 heterocycles. The van der Waals surface area contributed by atoms with Gasteiger partial charge in [-0.15, -0.1) is 0 Å². The van der Waals surface area contributed by atoms with Crippen molar-refractivity contribution in [3.63, 3.8) is 0 Å². The van der Waals surface area contributed by atoms with Gasteiger partial charge in [0.05, 0.1) is 11.6 Å². The maximum atomic E-state index is 5.41. The molecule has 21 heavy (non-hydrogen) atoms. The third-order valence-corrected chi connectivity index (χ3v) is 3.27. The number of rotatable bonds is 6. The fourth-order valence-electron chi connectivity index (χ4n) is 1.71. The molecule has 0 radical (unpaired) electrons. The van der Waals surface area contributed by atoms with Crippen LogP contribution in [-0.2, 0) is 11.3 Å². The molecular weight excluding hydrogens is 338 g/mol. The smallest absolute Gasteiger partial charge is 0.158 e. The molecule has 0 amide bonds. The van der Waals surface area contributed by atoms with Gasteiger partial charge in [-0.2, -0.15) is 0 Å². The zero-order valence-electron chi connectivity index (χ0n) is 11.7. The van der Waals surface area contributed by atoms with Crippen LogP contribution in [0.4, 0.5) is 17.3 Å². The Hall–Kier alpha value is -1.90. The van der Waals surface area contributed by atoms with E-state index in [-0.39, 0.29) is 0 Å². The molecule has 0 saturated heterocycles. The predicted molar refractivity (Wildman–Crippen MR) is 84.5 cm³/mol. The van der Waals surface area contributed by atoms with Crippen molar-refractivity contribution in [3.8, 4) is 5.75 Å². The third-order valence-electron chi connectivity index (χ3n) is 2.62. The van der Waals surface area contributed by atoms with Crippen molar-refractivity contribution in [1.29, 1.82) is 0 Å². The Morgan fingerprint density at radius 3 is 2.62 bits per heavy atom. The number of methoxy groups -OCH3 is 2. The van der Waals surface area contributed by atoms with Gasteiger partial charge in [-0.1, -0.05) is 0 Å². The second-order valence-electron chi connectivity index (χ2n) is 4.11. The minimum atomic E-state index is 0.299. The average Bonchev–Trinajstić information content (AvgIpc) is 2.49. The van der Waals surface area contributed by atoms with E-state index in [4.69, 9.17) is 15.3 Å². The summed E-state index contributed by atoms with van der Waals surface area (Å²) in [6.45, 7) is 0.299. The molecule has 0 aliphatic rings. The maximum Gasteiger partial charge on any atom is 0.158 e. The zero-order valence-corrected chi connectivity index (χ0v) is 13.3. The number of ether oxygens (including phenoxy) is 2. The first-order valence-electron chi connectivity index (χ1n) is 6.10. The molecule has 1 aromatic heterocycles. The summed E-state index contributed by atoms with van der Waals surface area (Å²) in [6, 6.07) is 7.35. The first kappa shape index (κ1) is 15.5. The number of benzene rings is 1. The third kappa shape index (κ3) is 4.03. The Kier molecular flexibility index (Phi) is 5.32. The number of hydrogen-bond acceptors (Lipinski definition) is 7. The summed E-state index contributed by atoms with van der Waals surface area (Å²) >= 11 is 3.41. The number of nitrogen functional groups attached to an aromatic ring is 1. The largest absolute Gasteiger partial charge is 0.495 e. The maximum absolute atomic E-state index is 5.41. The molecule has 0 fully saturated rings. The first-order valence-corrected chi connectivity index (χ1v) is 6.89. The SMILES string of the molecule is COCc1nc(NN)cc(Nc2ccc(Br)c(OC)c2)n1. The van der Waals surface area contributed by atoms with Gasteiger partial charge < -0.3 is 20.2 Å². The molecule has 0 saturated carbocycles. The van der Waals surface area contributed by atoms with Crippen LogP contribution in [0.1, 0.15) is 5.82 Å². The Labute approximate surface area is 131 Å². The van der Waals surface area contributed by atoms with Crippen molar-refractivity contribution in [2.75, 3.05) is 25.0 Å². The summed E-state index contributed by atoms with van der Waals surface area (Å²) in [5.74, 6) is 7.77. The molecule has 0 atom stereocenters. The highest BCUT2D eigenvalue weighted by molar-refractivity contribution is 9.10. The topological polar surface area (TPSA) is 94.3 Å². The first-order chi connectivity index (χ1) is 10.2. The van der Waals surface area contributed by atoms with Crippen LogP contribution in [0, 0.1) is 0 Å². The number of anilines is 3. The predicted octanol–water partition coefficient (Wildman–Crippen LogP) is 2.42. The lowest BCUT2D eigenvalue weighted by molar-refractivity contribution is 0.178. The van der Waals surface area contributed by atoms with Gasteiger partial charge >= 0.3 is 0 Å². The van der Waals surface area contributed by atoms with Gasteiger partial charge in [-0.25, -0.2) is 15.8 Å². The fraction of sp³-hybridized carbons (Fsp3) is 0.231. The molecule has 0 unspecified atom stereocenters. The van der Waals surface area contributed by atoms with Gasteiger partial charge in [0.25, 0.3) is 0 Å². The number of nitrogens with two attached hydrogens (primary N) is 1. The van der Waals surface area contributed by atoms with E-state index in [1.165, 1.54) is 0 Å². The highest BCUT2D eigenvalue weighted by Gasteiger charge is 2.06. The monoisotopic (exact) mass is 353 g/mol. The standard InChI is InChI=1S/C13H16BrN5O2/c1-20-7-13-17-11(6-12(18-13)19-15)16-8-3-4-9(14)10(5-8)21-2/h3-6H,7,15H2,1-2H3,(H2,16,17,18,19). The highest BCUT2D eigenvalue weighted by atomic mass is 79.9. The van der Waals surface area contributed by atoms with Gasteiger partial charge in [0.15, 0.2) is 5.82 Å². The van der Waals surface area contributed by atoms with Gasteiger partial charge in [0, 0.05) is 24.9 Å². The highest BCUT2D eigenvalue weighted by Crippen LogP contribution is 2.29. The molecule has 1 aromatic carbocycles. The normalized spacial score (nSPS) is 10.3. The van der Waals surface area contributed by atoms with Crippen molar-refractivity contribution < 1.29 is 9.47 Å². The van der Waals surface area contributed by atoms with Crippen molar-refractivity contribution in [2.24, 2.45) is 5.84 Å². The summed E-state index contributed by atoms with van der Waals surface area (Å²) in [5.41, 5.74) is 3.34. The van der Waals surface area contributed by atoms with Gasteiger partial charge in [-0.05, 0) is 28.1 Å². The molecule has 0 aliphatic heterocycles. The lowest BCUT2D eigenvalue weighted by atomic mass is 10.3. The van der Waals surface area contributed by atoms with E-state index in [0.29, 0.717) is 24.1 Å². The van der Waals surface area contributed by atoms with Crippen molar-refractivity contribution in [2.45, 2.75) is 6.61 Å². The average molecular weight is 354 g/mol. The molecule has 7 nitrogen and oxygen atoms in total.